The number of nitrogens with zero attached hydrogens (tertiary/aromatic N) is 2. The number of carbonyl (C=O) groups excluding carboxylic acids is 2. The van der Waals surface area contributed by atoms with Crippen LogP contribution in [-0.2, 0) is 13.9 Å². The number of carbonyl (C=O) groups is 2. The zero-order chi connectivity index (χ0) is 12.4. The molecule has 0 radical (unpaired) electrons. The second kappa shape index (κ2) is 6.96. The maximum absolute atomic E-state index is 11.1. The minimum Gasteiger partial charge on any atom is -0.744 e. The minimum absolute atomic E-state index is 0. The van der Waals surface area contributed by atoms with Crippen molar-refractivity contribution in [2.24, 2.45) is 0 Å². The average Bonchev–Trinajstić information content (AvgIpc) is 2.21. The van der Waals surface area contributed by atoms with Crippen molar-refractivity contribution in [3.8, 4) is 0 Å². The molecule has 0 aliphatic carbocycles. The topological polar surface area (TPSA) is 97.8 Å². The van der Waals surface area contributed by atoms with Crippen LogP contribution >= 0.6 is 31.5 Å². The van der Waals surface area contributed by atoms with Crippen molar-refractivity contribution >= 4 is 43.4 Å². The predicted octanol–water partition coefficient (Wildman–Crippen LogP) is -2.22. The van der Waals surface area contributed by atoms with Gasteiger partial charge in [0, 0.05) is 23.6 Å². The fourth-order valence-corrected chi connectivity index (χ4v) is 1.20. The summed E-state index contributed by atoms with van der Waals surface area (Å²) in [5.41, 5.74) is -1.04. The molecule has 1 saturated heterocycles. The molecule has 86 valence electrons. The molecular formula is C5H6Cl2N2NaO5P. The van der Waals surface area contributed by atoms with E-state index in [1.165, 1.54) is 13.8 Å². The van der Waals surface area contributed by atoms with Crippen LogP contribution < -0.4 is 34.5 Å². The number of hydrogen-bond acceptors (Lipinski definition) is 5. The summed E-state index contributed by atoms with van der Waals surface area (Å²) < 4.78 is 18.2. The summed E-state index contributed by atoms with van der Waals surface area (Å²) in [6, 6.07) is -0.705. The van der Waals surface area contributed by atoms with Crippen LogP contribution in [0.3, 0.4) is 0 Å². The smallest absolute Gasteiger partial charge is 0.744 e. The maximum atomic E-state index is 11.1. The van der Waals surface area contributed by atoms with Crippen LogP contribution in [-0.4, -0.2) is 26.3 Å². The summed E-state index contributed by atoms with van der Waals surface area (Å²) in [4.78, 5) is 30.5. The van der Waals surface area contributed by atoms with Crippen molar-refractivity contribution < 1.29 is 53.2 Å². The second-order valence-electron chi connectivity index (χ2n) is 2.93. The third kappa shape index (κ3) is 4.33. The molecule has 1 fully saturated rings. The molecule has 7 nitrogen and oxygen atoms in total. The van der Waals surface area contributed by atoms with Gasteiger partial charge in [0.25, 0.3) is 5.91 Å². The second-order valence-corrected chi connectivity index (χ2v) is 4.06. The SMILES string of the molecule is CC1(C)C(=O)N(Cl)C(=O)N1Cl.O=P(=O)[O-].[Na+]. The molecule has 11 heteroatoms. The van der Waals surface area contributed by atoms with E-state index in [0.717, 1.165) is 4.42 Å². The normalized spacial score (nSPS) is 17.6. The molecule has 16 heavy (non-hydrogen) atoms. The van der Waals surface area contributed by atoms with Crippen LogP contribution in [0.1, 0.15) is 13.8 Å². The van der Waals surface area contributed by atoms with E-state index in [2.05, 4.69) is 0 Å². The molecule has 0 bridgehead atoms. The van der Waals surface area contributed by atoms with Gasteiger partial charge < -0.3 is 4.89 Å². The molecular weight excluding hydrogens is 293 g/mol. The molecule has 0 aromatic rings. The summed E-state index contributed by atoms with van der Waals surface area (Å²) in [7, 11) is -3.37. The number of urea groups is 1. The standard InChI is InChI=1S/C5H6Cl2N2O2.Na.HO3P/c1-5(2)3(10)8(6)4(11)9(5)7;;1-4(2)3/h1-2H3;;(H,1,2,3)/q;+1;/p-1. The first-order valence-electron chi connectivity index (χ1n) is 3.44. The van der Waals surface area contributed by atoms with Gasteiger partial charge in [0.1, 0.15) is 5.54 Å². The molecule has 1 heterocycles. The molecule has 0 saturated carbocycles. The Bertz CT molecular complexity index is 353. The molecule has 3 amide bonds. The molecule has 1 aliphatic rings. The number of amides is 3. The van der Waals surface area contributed by atoms with Crippen molar-refractivity contribution in [2.75, 3.05) is 0 Å². The van der Waals surface area contributed by atoms with E-state index in [-0.39, 0.29) is 29.6 Å². The van der Waals surface area contributed by atoms with E-state index >= 15 is 0 Å². The number of hydrogen-bond donors (Lipinski definition) is 0. The van der Waals surface area contributed by atoms with E-state index < -0.39 is 25.4 Å². The Balaban J connectivity index is 0. The van der Waals surface area contributed by atoms with E-state index in [0.29, 0.717) is 4.42 Å². The Hall–Kier alpha value is 0.380. The van der Waals surface area contributed by atoms with Crippen molar-refractivity contribution in [1.82, 2.24) is 8.84 Å². The van der Waals surface area contributed by atoms with Gasteiger partial charge in [-0.05, 0) is 13.8 Å². The third-order valence-electron chi connectivity index (χ3n) is 1.53. The van der Waals surface area contributed by atoms with Gasteiger partial charge in [-0.2, -0.15) is 4.42 Å². The van der Waals surface area contributed by atoms with Gasteiger partial charge in [0.15, 0.2) is 0 Å². The molecule has 0 aromatic heterocycles. The van der Waals surface area contributed by atoms with Gasteiger partial charge in [0.05, 0.1) is 0 Å². The van der Waals surface area contributed by atoms with Crippen LogP contribution in [0, 0.1) is 0 Å². The summed E-state index contributed by atoms with van der Waals surface area (Å²) in [5, 5.41) is 0. The van der Waals surface area contributed by atoms with Gasteiger partial charge in [-0.3, -0.25) is 13.9 Å². The van der Waals surface area contributed by atoms with Gasteiger partial charge >= 0.3 is 35.6 Å². The Morgan fingerprint density at radius 3 is 1.62 bits per heavy atom. The van der Waals surface area contributed by atoms with Crippen LogP contribution in [0.2, 0.25) is 0 Å². The van der Waals surface area contributed by atoms with Gasteiger partial charge in [-0.1, -0.05) is 0 Å². The van der Waals surface area contributed by atoms with E-state index in [1.807, 2.05) is 0 Å². The Morgan fingerprint density at radius 1 is 1.25 bits per heavy atom. The van der Waals surface area contributed by atoms with Crippen molar-refractivity contribution in [3.63, 3.8) is 0 Å². The molecule has 0 aromatic carbocycles. The quantitative estimate of drug-likeness (QED) is 0.218. The first-order chi connectivity index (χ1) is 6.62. The molecule has 0 atom stereocenters. The van der Waals surface area contributed by atoms with Crippen molar-refractivity contribution in [2.45, 2.75) is 19.4 Å². The minimum atomic E-state index is -3.37. The van der Waals surface area contributed by atoms with Gasteiger partial charge in [-0.15, -0.1) is 0 Å². The Labute approximate surface area is 124 Å². The van der Waals surface area contributed by atoms with Crippen LogP contribution in [0.4, 0.5) is 4.79 Å². The predicted molar refractivity (Wildman–Crippen MR) is 48.2 cm³/mol. The van der Waals surface area contributed by atoms with Gasteiger partial charge in [0.2, 0.25) is 7.91 Å². The van der Waals surface area contributed by atoms with Crippen LogP contribution in [0.15, 0.2) is 0 Å². The van der Waals surface area contributed by atoms with Gasteiger partial charge in [-0.25, -0.2) is 9.21 Å². The first-order valence-corrected chi connectivity index (χ1v) is 5.21. The molecule has 0 N–H and O–H groups in total. The molecule has 1 rings (SSSR count). The number of halogens is 2. The number of imide groups is 1. The zero-order valence-electron chi connectivity index (χ0n) is 8.64. The molecule has 1 aliphatic heterocycles. The maximum Gasteiger partial charge on any atom is 1.00 e. The van der Waals surface area contributed by atoms with E-state index in [1.54, 1.807) is 0 Å². The molecule has 0 spiro atoms. The summed E-state index contributed by atoms with van der Waals surface area (Å²) in [6.45, 7) is 3.03. The summed E-state index contributed by atoms with van der Waals surface area (Å²) >= 11 is 10.8. The monoisotopic (exact) mass is 298 g/mol. The Morgan fingerprint density at radius 2 is 1.56 bits per heavy atom. The fourth-order valence-electron chi connectivity index (χ4n) is 0.727. The van der Waals surface area contributed by atoms with E-state index in [4.69, 9.17) is 37.6 Å². The summed E-state index contributed by atoms with van der Waals surface area (Å²) in [5.74, 6) is -0.515. The molecule has 0 unspecified atom stereocenters. The summed E-state index contributed by atoms with van der Waals surface area (Å²) in [6.07, 6.45) is 0. The van der Waals surface area contributed by atoms with E-state index in [9.17, 15) is 9.59 Å². The van der Waals surface area contributed by atoms with Crippen molar-refractivity contribution in [3.05, 3.63) is 0 Å². The van der Waals surface area contributed by atoms with Crippen molar-refractivity contribution in [1.29, 1.82) is 0 Å². The average molecular weight is 299 g/mol. The van der Waals surface area contributed by atoms with Crippen LogP contribution in [0.5, 0.6) is 0 Å². The zero-order valence-corrected chi connectivity index (χ0v) is 13.0. The fraction of sp³-hybridized carbons (Fsp3) is 0.600. The first kappa shape index (κ1) is 18.7. The largest absolute Gasteiger partial charge is 1.00 e. The Kier molecular flexibility index (Phi) is 8.15. The van der Waals surface area contributed by atoms with Crippen LogP contribution in [0.25, 0.3) is 0 Å². The third-order valence-corrected chi connectivity index (χ3v) is 2.39. The number of rotatable bonds is 0.